The number of aromatic carboxylic acids is 1. The summed E-state index contributed by atoms with van der Waals surface area (Å²) in [6, 6.07) is 1.33. The third-order valence-corrected chi connectivity index (χ3v) is 2.66. The molecule has 1 aliphatic rings. The molecule has 0 radical (unpaired) electrons. The van der Waals surface area contributed by atoms with Gasteiger partial charge in [-0.3, -0.25) is 9.78 Å². The molecule has 96 valence electrons. The van der Waals surface area contributed by atoms with Crippen molar-refractivity contribution in [1.29, 1.82) is 0 Å². The van der Waals surface area contributed by atoms with Gasteiger partial charge < -0.3 is 15.2 Å². The molecule has 18 heavy (non-hydrogen) atoms. The van der Waals surface area contributed by atoms with E-state index in [1.165, 1.54) is 18.5 Å². The molecule has 1 saturated carbocycles. The van der Waals surface area contributed by atoms with Crippen molar-refractivity contribution in [2.45, 2.75) is 12.8 Å². The second-order valence-electron chi connectivity index (χ2n) is 4.21. The number of amides is 1. The standard InChI is InChI=1S/C12H14N2O4/c15-11(14-5-8-1-2-8)7-18-10-6-13-4-3-9(10)12(16)17/h3-4,6,8H,1-2,5,7H2,(H,14,15)(H,16,17). The van der Waals surface area contributed by atoms with Crippen molar-refractivity contribution in [3.05, 3.63) is 24.0 Å². The van der Waals surface area contributed by atoms with Crippen LogP contribution in [0.1, 0.15) is 23.2 Å². The van der Waals surface area contributed by atoms with E-state index in [4.69, 9.17) is 9.84 Å². The monoisotopic (exact) mass is 250 g/mol. The number of hydrogen-bond donors (Lipinski definition) is 2. The number of pyridine rings is 1. The summed E-state index contributed by atoms with van der Waals surface area (Å²) in [6.07, 6.45) is 4.97. The number of ether oxygens (including phenoxy) is 1. The van der Waals surface area contributed by atoms with E-state index < -0.39 is 5.97 Å². The third kappa shape index (κ3) is 3.44. The Hall–Kier alpha value is -2.11. The molecule has 1 aromatic heterocycles. The third-order valence-electron chi connectivity index (χ3n) is 2.66. The molecular formula is C12H14N2O4. The number of carboxylic acids is 1. The Morgan fingerprint density at radius 3 is 2.94 bits per heavy atom. The molecule has 6 nitrogen and oxygen atoms in total. The molecule has 0 atom stereocenters. The Kier molecular flexibility index (Phi) is 3.76. The van der Waals surface area contributed by atoms with Crippen LogP contribution >= 0.6 is 0 Å². The van der Waals surface area contributed by atoms with E-state index in [0.717, 1.165) is 12.8 Å². The van der Waals surface area contributed by atoms with Gasteiger partial charge in [0.1, 0.15) is 5.56 Å². The molecule has 2 N–H and O–H groups in total. The zero-order chi connectivity index (χ0) is 13.0. The molecular weight excluding hydrogens is 236 g/mol. The molecule has 1 fully saturated rings. The van der Waals surface area contributed by atoms with Gasteiger partial charge in [-0.2, -0.15) is 0 Å². The van der Waals surface area contributed by atoms with Crippen LogP contribution in [0.2, 0.25) is 0 Å². The quantitative estimate of drug-likeness (QED) is 0.775. The maximum absolute atomic E-state index is 11.4. The van der Waals surface area contributed by atoms with Crippen molar-refractivity contribution >= 4 is 11.9 Å². The Balaban J connectivity index is 1.84. The predicted molar refractivity (Wildman–Crippen MR) is 62.4 cm³/mol. The van der Waals surface area contributed by atoms with Gasteiger partial charge in [-0.25, -0.2) is 4.79 Å². The van der Waals surface area contributed by atoms with Gasteiger partial charge in [0.15, 0.2) is 12.4 Å². The highest BCUT2D eigenvalue weighted by Gasteiger charge is 2.21. The van der Waals surface area contributed by atoms with Gasteiger partial charge in [-0.1, -0.05) is 0 Å². The highest BCUT2D eigenvalue weighted by Crippen LogP contribution is 2.27. The molecule has 1 aromatic rings. The molecule has 0 aliphatic heterocycles. The predicted octanol–water partition coefficient (Wildman–Crippen LogP) is 0.685. The van der Waals surface area contributed by atoms with Gasteiger partial charge in [0.25, 0.3) is 5.91 Å². The summed E-state index contributed by atoms with van der Waals surface area (Å²) >= 11 is 0. The summed E-state index contributed by atoms with van der Waals surface area (Å²) < 4.78 is 5.16. The first-order chi connectivity index (χ1) is 8.66. The maximum Gasteiger partial charge on any atom is 0.339 e. The fourth-order valence-electron chi connectivity index (χ4n) is 1.45. The summed E-state index contributed by atoms with van der Waals surface area (Å²) in [6.45, 7) is 0.472. The zero-order valence-electron chi connectivity index (χ0n) is 9.76. The molecule has 0 aromatic carbocycles. The van der Waals surface area contributed by atoms with E-state index in [9.17, 15) is 9.59 Å². The summed E-state index contributed by atoms with van der Waals surface area (Å²) in [5.41, 5.74) is -0.00000656. The van der Waals surface area contributed by atoms with Crippen LogP contribution < -0.4 is 10.1 Å². The number of carbonyl (C=O) groups excluding carboxylic acids is 1. The Bertz CT molecular complexity index is 457. The van der Waals surface area contributed by atoms with E-state index in [0.29, 0.717) is 12.5 Å². The molecule has 2 rings (SSSR count). The van der Waals surface area contributed by atoms with Crippen molar-refractivity contribution in [1.82, 2.24) is 10.3 Å². The number of aromatic nitrogens is 1. The van der Waals surface area contributed by atoms with Crippen LogP contribution in [0, 0.1) is 5.92 Å². The Morgan fingerprint density at radius 1 is 1.50 bits per heavy atom. The van der Waals surface area contributed by atoms with Gasteiger partial charge in [-0.15, -0.1) is 0 Å². The lowest BCUT2D eigenvalue weighted by Gasteiger charge is -2.08. The summed E-state index contributed by atoms with van der Waals surface area (Å²) in [5, 5.41) is 11.6. The van der Waals surface area contributed by atoms with E-state index in [1.807, 2.05) is 0 Å². The molecule has 0 saturated heterocycles. The molecule has 1 aliphatic carbocycles. The highest BCUT2D eigenvalue weighted by atomic mass is 16.5. The minimum Gasteiger partial charge on any atom is -0.481 e. The zero-order valence-corrected chi connectivity index (χ0v) is 9.76. The van der Waals surface area contributed by atoms with Crippen LogP contribution in [0.25, 0.3) is 0 Å². The van der Waals surface area contributed by atoms with E-state index in [-0.39, 0.29) is 23.8 Å². The van der Waals surface area contributed by atoms with Gasteiger partial charge >= 0.3 is 5.97 Å². The van der Waals surface area contributed by atoms with Crippen LogP contribution in [-0.4, -0.2) is 35.1 Å². The van der Waals surface area contributed by atoms with Crippen LogP contribution in [0.5, 0.6) is 5.75 Å². The van der Waals surface area contributed by atoms with Crippen LogP contribution in [0.4, 0.5) is 0 Å². The number of rotatable bonds is 6. The minimum absolute atomic E-state index is 0.00000656. The average Bonchev–Trinajstić information content (AvgIpc) is 3.18. The number of nitrogens with one attached hydrogen (secondary N) is 1. The molecule has 1 heterocycles. The summed E-state index contributed by atoms with van der Waals surface area (Å²) in [4.78, 5) is 26.1. The number of carbonyl (C=O) groups is 2. The van der Waals surface area contributed by atoms with Gasteiger partial charge in [0, 0.05) is 12.7 Å². The maximum atomic E-state index is 11.4. The summed E-state index contributed by atoms with van der Waals surface area (Å²) in [7, 11) is 0. The Morgan fingerprint density at radius 2 is 2.28 bits per heavy atom. The van der Waals surface area contributed by atoms with E-state index >= 15 is 0 Å². The van der Waals surface area contributed by atoms with Crippen LogP contribution in [0.3, 0.4) is 0 Å². The molecule has 6 heteroatoms. The average molecular weight is 250 g/mol. The van der Waals surface area contributed by atoms with Crippen molar-refractivity contribution < 1.29 is 19.4 Å². The SMILES string of the molecule is O=C(COc1cnccc1C(=O)O)NCC1CC1. The van der Waals surface area contributed by atoms with Crippen molar-refractivity contribution in [2.24, 2.45) is 5.92 Å². The normalized spacial score (nSPS) is 14.0. The lowest BCUT2D eigenvalue weighted by atomic mass is 10.2. The molecule has 0 unspecified atom stereocenters. The van der Waals surface area contributed by atoms with Crippen LogP contribution in [0.15, 0.2) is 18.5 Å². The van der Waals surface area contributed by atoms with Crippen molar-refractivity contribution in [2.75, 3.05) is 13.2 Å². The fraction of sp³-hybridized carbons (Fsp3) is 0.417. The van der Waals surface area contributed by atoms with Crippen LogP contribution in [-0.2, 0) is 4.79 Å². The van der Waals surface area contributed by atoms with E-state index in [2.05, 4.69) is 10.3 Å². The smallest absolute Gasteiger partial charge is 0.339 e. The first kappa shape index (κ1) is 12.3. The lowest BCUT2D eigenvalue weighted by molar-refractivity contribution is -0.123. The van der Waals surface area contributed by atoms with Gasteiger partial charge in [-0.05, 0) is 24.8 Å². The molecule has 0 bridgehead atoms. The van der Waals surface area contributed by atoms with Gasteiger partial charge in [0.05, 0.1) is 6.20 Å². The van der Waals surface area contributed by atoms with E-state index in [1.54, 1.807) is 0 Å². The fourth-order valence-corrected chi connectivity index (χ4v) is 1.45. The topological polar surface area (TPSA) is 88.5 Å². The largest absolute Gasteiger partial charge is 0.481 e. The van der Waals surface area contributed by atoms with Gasteiger partial charge in [0.2, 0.25) is 0 Å². The number of nitrogens with zero attached hydrogens (tertiary/aromatic N) is 1. The number of carboxylic acid groups (broad SMARTS) is 1. The molecule has 0 spiro atoms. The van der Waals surface area contributed by atoms with Crippen molar-refractivity contribution in [3.63, 3.8) is 0 Å². The second-order valence-corrected chi connectivity index (χ2v) is 4.21. The lowest BCUT2D eigenvalue weighted by Crippen LogP contribution is -2.30. The minimum atomic E-state index is -1.11. The second kappa shape index (κ2) is 5.48. The first-order valence-corrected chi connectivity index (χ1v) is 5.73. The summed E-state index contributed by atoms with van der Waals surface area (Å²) in [5.74, 6) is -0.652. The first-order valence-electron chi connectivity index (χ1n) is 5.73. The molecule has 1 amide bonds. The number of hydrogen-bond acceptors (Lipinski definition) is 4. The van der Waals surface area contributed by atoms with Crippen molar-refractivity contribution in [3.8, 4) is 5.75 Å². The highest BCUT2D eigenvalue weighted by molar-refractivity contribution is 5.90. The Labute approximate surface area is 104 Å².